The summed E-state index contributed by atoms with van der Waals surface area (Å²) >= 11 is 3.56. The highest BCUT2D eigenvalue weighted by atomic mass is 79.9. The van der Waals surface area contributed by atoms with E-state index >= 15 is 0 Å². The maximum absolute atomic E-state index is 10.5. The van der Waals surface area contributed by atoms with Gasteiger partial charge in [0.15, 0.2) is 0 Å². The number of fused-ring (bicyclic) bond motifs is 5. The number of aryl methyl sites for hydroxylation is 1. The molecule has 0 aromatic heterocycles. The minimum Gasteiger partial charge on any atom is -0.507 e. The maximum atomic E-state index is 10.5. The number of hydrogen-bond donors (Lipinski definition) is 2. The van der Waals surface area contributed by atoms with E-state index in [1.54, 1.807) is 0 Å². The Morgan fingerprint density at radius 3 is 2.77 bits per heavy atom. The minimum absolute atomic E-state index is 0.104. The molecule has 2 nitrogen and oxygen atoms in total. The number of aliphatic hydroxyl groups excluding tert-OH is 1. The summed E-state index contributed by atoms with van der Waals surface area (Å²) in [6.45, 7) is 4.46. The van der Waals surface area contributed by atoms with Crippen molar-refractivity contribution in [2.45, 2.75) is 64.4 Å². The van der Waals surface area contributed by atoms with Gasteiger partial charge in [-0.25, -0.2) is 0 Å². The second-order valence-corrected chi connectivity index (χ2v) is 8.75. The topological polar surface area (TPSA) is 40.5 Å². The Labute approximate surface area is 141 Å². The van der Waals surface area contributed by atoms with Crippen molar-refractivity contribution in [3.8, 4) is 5.75 Å². The highest BCUT2D eigenvalue weighted by Gasteiger charge is 2.54. The van der Waals surface area contributed by atoms with Crippen LogP contribution in [0.5, 0.6) is 5.75 Å². The SMILES string of the molecule is Cc1c(Br)c(O)cc2c1[C@H]1CC[C@]3(C)C(O)CC[C@H]3[C@@H]1CC2. The molecule has 3 aliphatic rings. The van der Waals surface area contributed by atoms with E-state index in [9.17, 15) is 10.2 Å². The molecule has 0 heterocycles. The smallest absolute Gasteiger partial charge is 0.130 e. The molecule has 0 spiro atoms. The lowest BCUT2D eigenvalue weighted by molar-refractivity contribution is -0.0227. The zero-order chi connectivity index (χ0) is 15.6. The summed E-state index contributed by atoms with van der Waals surface area (Å²) in [5.74, 6) is 2.37. The van der Waals surface area contributed by atoms with Crippen molar-refractivity contribution in [1.82, 2.24) is 0 Å². The molecule has 3 heteroatoms. The number of rotatable bonds is 0. The van der Waals surface area contributed by atoms with E-state index in [0.717, 1.165) is 23.7 Å². The first-order chi connectivity index (χ1) is 10.4. The molecule has 0 saturated heterocycles. The summed E-state index contributed by atoms with van der Waals surface area (Å²) in [5, 5.41) is 20.6. The predicted molar refractivity (Wildman–Crippen MR) is 91.2 cm³/mol. The maximum Gasteiger partial charge on any atom is 0.130 e. The van der Waals surface area contributed by atoms with Crippen LogP contribution in [0.2, 0.25) is 0 Å². The highest BCUT2D eigenvalue weighted by Crippen LogP contribution is 2.61. The molecule has 5 atom stereocenters. The Morgan fingerprint density at radius 2 is 2.00 bits per heavy atom. The van der Waals surface area contributed by atoms with Gasteiger partial charge in [0.1, 0.15) is 5.75 Å². The Bertz CT molecular complexity index is 626. The second kappa shape index (κ2) is 4.98. The van der Waals surface area contributed by atoms with E-state index in [1.807, 2.05) is 6.07 Å². The summed E-state index contributed by atoms with van der Waals surface area (Å²) in [6, 6.07) is 1.97. The van der Waals surface area contributed by atoms with Gasteiger partial charge in [0, 0.05) is 0 Å². The van der Waals surface area contributed by atoms with Gasteiger partial charge in [-0.1, -0.05) is 6.92 Å². The Morgan fingerprint density at radius 1 is 1.23 bits per heavy atom. The number of phenols is 1. The predicted octanol–water partition coefficient (Wildman–Crippen LogP) is 4.68. The van der Waals surface area contributed by atoms with Crippen molar-refractivity contribution in [3.05, 3.63) is 27.2 Å². The van der Waals surface area contributed by atoms with Gasteiger partial charge < -0.3 is 10.2 Å². The second-order valence-electron chi connectivity index (χ2n) is 7.96. The molecule has 2 N–H and O–H groups in total. The number of aromatic hydroxyl groups is 1. The van der Waals surface area contributed by atoms with Crippen LogP contribution in [0.3, 0.4) is 0 Å². The van der Waals surface area contributed by atoms with Gasteiger partial charge in [-0.2, -0.15) is 0 Å². The average molecular weight is 365 g/mol. The first kappa shape index (κ1) is 15.0. The van der Waals surface area contributed by atoms with Crippen LogP contribution in [-0.2, 0) is 6.42 Å². The van der Waals surface area contributed by atoms with E-state index in [-0.39, 0.29) is 11.5 Å². The molecule has 2 fully saturated rings. The van der Waals surface area contributed by atoms with Crippen molar-refractivity contribution in [3.63, 3.8) is 0 Å². The van der Waals surface area contributed by atoms with Crippen LogP contribution in [0, 0.1) is 24.2 Å². The number of aliphatic hydroxyl groups is 1. The van der Waals surface area contributed by atoms with Crippen molar-refractivity contribution >= 4 is 15.9 Å². The first-order valence-electron chi connectivity index (χ1n) is 8.62. The monoisotopic (exact) mass is 364 g/mol. The van der Waals surface area contributed by atoms with E-state index in [2.05, 4.69) is 29.8 Å². The molecule has 2 saturated carbocycles. The van der Waals surface area contributed by atoms with E-state index in [4.69, 9.17) is 0 Å². The molecule has 3 aliphatic carbocycles. The van der Waals surface area contributed by atoms with Gasteiger partial charge in [0.2, 0.25) is 0 Å². The lowest BCUT2D eigenvalue weighted by Crippen LogP contribution is -2.44. The van der Waals surface area contributed by atoms with Crippen LogP contribution >= 0.6 is 15.9 Å². The van der Waals surface area contributed by atoms with Gasteiger partial charge in [-0.15, -0.1) is 0 Å². The van der Waals surface area contributed by atoms with Gasteiger partial charge >= 0.3 is 0 Å². The summed E-state index contributed by atoms with van der Waals surface area (Å²) in [7, 11) is 0. The molecule has 0 bridgehead atoms. The summed E-state index contributed by atoms with van der Waals surface area (Å²) in [5.41, 5.74) is 4.21. The molecule has 120 valence electrons. The van der Waals surface area contributed by atoms with Gasteiger partial charge in [-0.3, -0.25) is 0 Å². The Hall–Kier alpha value is -0.540. The van der Waals surface area contributed by atoms with Crippen LogP contribution in [0.4, 0.5) is 0 Å². The Kier molecular flexibility index (Phi) is 3.40. The van der Waals surface area contributed by atoms with Crippen LogP contribution in [0.25, 0.3) is 0 Å². The minimum atomic E-state index is -0.104. The number of hydrogen-bond acceptors (Lipinski definition) is 2. The lowest BCUT2D eigenvalue weighted by Gasteiger charge is -2.50. The van der Waals surface area contributed by atoms with Crippen LogP contribution in [0.1, 0.15) is 61.6 Å². The highest BCUT2D eigenvalue weighted by molar-refractivity contribution is 9.10. The van der Waals surface area contributed by atoms with Gasteiger partial charge in [0.05, 0.1) is 10.6 Å². The zero-order valence-electron chi connectivity index (χ0n) is 13.4. The molecular weight excluding hydrogens is 340 g/mol. The largest absolute Gasteiger partial charge is 0.507 e. The third kappa shape index (κ3) is 1.88. The van der Waals surface area contributed by atoms with Crippen LogP contribution in [0.15, 0.2) is 10.5 Å². The van der Waals surface area contributed by atoms with Crippen molar-refractivity contribution in [2.24, 2.45) is 17.3 Å². The lowest BCUT2D eigenvalue weighted by atomic mass is 9.55. The third-order valence-electron chi connectivity index (χ3n) is 7.12. The first-order valence-corrected chi connectivity index (χ1v) is 9.41. The van der Waals surface area contributed by atoms with Crippen LogP contribution in [-0.4, -0.2) is 16.3 Å². The quantitative estimate of drug-likeness (QED) is 0.701. The number of halogens is 1. The number of benzene rings is 1. The number of phenolic OH excluding ortho intramolecular Hbond substituents is 1. The summed E-state index contributed by atoms with van der Waals surface area (Å²) < 4.78 is 0.867. The average Bonchev–Trinajstić information content (AvgIpc) is 2.80. The molecular formula is C19H25BrO2. The van der Waals surface area contributed by atoms with Crippen molar-refractivity contribution in [2.75, 3.05) is 0 Å². The van der Waals surface area contributed by atoms with E-state index < -0.39 is 0 Å². The normalized spacial score (nSPS) is 40.0. The molecule has 4 rings (SSSR count). The fourth-order valence-corrected chi connectivity index (χ4v) is 6.25. The zero-order valence-corrected chi connectivity index (χ0v) is 15.0. The molecule has 0 radical (unpaired) electrons. The standard InChI is InChI=1S/C19H25BrO2/c1-10-17-11(9-15(21)18(10)20)3-4-12-13(17)7-8-19(2)14(12)5-6-16(19)22/h9,12-14,16,21-22H,3-8H2,1-2H3/t12-,13+,14+,16?,19+/m1/s1. The van der Waals surface area contributed by atoms with E-state index in [0.29, 0.717) is 23.5 Å². The van der Waals surface area contributed by atoms with Crippen molar-refractivity contribution < 1.29 is 10.2 Å². The summed E-state index contributed by atoms with van der Waals surface area (Å²) in [6.07, 6.45) is 6.66. The van der Waals surface area contributed by atoms with E-state index in [1.165, 1.54) is 36.0 Å². The molecule has 1 unspecified atom stereocenters. The summed E-state index contributed by atoms with van der Waals surface area (Å²) in [4.78, 5) is 0. The molecule has 22 heavy (non-hydrogen) atoms. The fourth-order valence-electron chi connectivity index (χ4n) is 5.92. The van der Waals surface area contributed by atoms with Crippen molar-refractivity contribution in [1.29, 1.82) is 0 Å². The molecule has 1 aromatic rings. The van der Waals surface area contributed by atoms with Gasteiger partial charge in [-0.05, 0) is 107 Å². The Balaban J connectivity index is 1.78. The molecule has 0 aliphatic heterocycles. The van der Waals surface area contributed by atoms with Gasteiger partial charge in [0.25, 0.3) is 0 Å². The fraction of sp³-hybridized carbons (Fsp3) is 0.684. The van der Waals surface area contributed by atoms with Crippen LogP contribution < -0.4 is 0 Å². The molecule has 0 amide bonds. The third-order valence-corrected chi connectivity index (χ3v) is 8.12. The molecule has 1 aromatic carbocycles.